The molecule has 154 valence electrons. The summed E-state index contributed by atoms with van der Waals surface area (Å²) >= 11 is 0. The number of nitrogens with zero attached hydrogens (tertiary/aromatic N) is 6. The highest BCUT2D eigenvalue weighted by atomic mass is 16.3. The van der Waals surface area contributed by atoms with Crippen LogP contribution in [0.1, 0.15) is 19.3 Å². The Morgan fingerprint density at radius 1 is 1.10 bits per heavy atom. The van der Waals surface area contributed by atoms with Gasteiger partial charge in [-0.25, -0.2) is 15.0 Å². The lowest BCUT2D eigenvalue weighted by molar-refractivity contribution is 0.176. The third kappa shape index (κ3) is 3.67. The van der Waals surface area contributed by atoms with Crippen molar-refractivity contribution in [2.75, 3.05) is 59.3 Å². The fraction of sp³-hybridized carbons (Fsp3) is 0.550. The van der Waals surface area contributed by atoms with Gasteiger partial charge in [-0.05, 0) is 44.0 Å². The summed E-state index contributed by atoms with van der Waals surface area (Å²) in [6, 6.07) is 6.27. The van der Waals surface area contributed by atoms with Gasteiger partial charge in [0.1, 0.15) is 18.0 Å². The van der Waals surface area contributed by atoms with Gasteiger partial charge in [0.05, 0.1) is 11.7 Å². The Bertz CT molecular complexity index is 826. The molecule has 5 heterocycles. The fourth-order valence-corrected chi connectivity index (χ4v) is 4.59. The molecule has 2 saturated heterocycles. The molecule has 3 aliphatic heterocycles. The molecule has 0 aliphatic carbocycles. The number of aliphatic hydroxyl groups is 1. The minimum absolute atomic E-state index is 0.217. The van der Waals surface area contributed by atoms with Crippen molar-refractivity contribution in [3.63, 3.8) is 0 Å². The van der Waals surface area contributed by atoms with E-state index in [1.807, 2.05) is 4.90 Å². The van der Waals surface area contributed by atoms with E-state index in [2.05, 4.69) is 42.5 Å². The number of pyridine rings is 1. The standard InChI is InChI=1S/C20H28N8O/c29-20(24-17-6-8-22-14-23-17)28-15-3-1-10-27(13-15)16-4-5-18(25-19(16)28)26-11-2-7-21-9-12-26/h4-6,8,14-15,20-21,29H,1-3,7,9-13H2,(H,22,23,24)/t15-,20?/m0/s1. The van der Waals surface area contributed by atoms with Crippen LogP contribution in [0.2, 0.25) is 0 Å². The molecule has 29 heavy (non-hydrogen) atoms. The number of nitrogens with one attached hydrogen (secondary N) is 2. The van der Waals surface area contributed by atoms with Gasteiger partial charge >= 0.3 is 0 Å². The highest BCUT2D eigenvalue weighted by Gasteiger charge is 2.38. The van der Waals surface area contributed by atoms with Gasteiger partial charge in [-0.2, -0.15) is 0 Å². The van der Waals surface area contributed by atoms with Crippen molar-refractivity contribution < 1.29 is 5.11 Å². The van der Waals surface area contributed by atoms with Gasteiger partial charge < -0.3 is 30.4 Å². The summed E-state index contributed by atoms with van der Waals surface area (Å²) in [5, 5.41) is 17.7. The van der Waals surface area contributed by atoms with Crippen molar-refractivity contribution in [3.05, 3.63) is 30.7 Å². The molecule has 0 amide bonds. The lowest BCUT2D eigenvalue weighted by atomic mass is 10.00. The van der Waals surface area contributed by atoms with Gasteiger partial charge in [0.2, 0.25) is 6.35 Å². The number of aliphatic hydroxyl groups excluding tert-OH is 1. The first-order valence-corrected chi connectivity index (χ1v) is 10.5. The van der Waals surface area contributed by atoms with E-state index in [1.165, 1.54) is 6.33 Å². The molecular formula is C20H28N8O. The molecule has 2 atom stereocenters. The SMILES string of the molecule is OC(Nc1ccncn1)N1c2nc(N3CCCNCC3)ccc2N2CCC[C@H]1C2. The summed E-state index contributed by atoms with van der Waals surface area (Å²) in [6.45, 7) is 5.90. The minimum Gasteiger partial charge on any atom is -0.366 e. The molecule has 0 radical (unpaired) electrons. The Balaban J connectivity index is 1.48. The lowest BCUT2D eigenvalue weighted by Crippen LogP contribution is -2.58. The van der Waals surface area contributed by atoms with E-state index in [9.17, 15) is 5.11 Å². The van der Waals surface area contributed by atoms with Crippen LogP contribution in [0, 0.1) is 0 Å². The molecule has 0 saturated carbocycles. The first-order chi connectivity index (χ1) is 14.3. The molecule has 2 fully saturated rings. The molecule has 9 nitrogen and oxygen atoms in total. The molecule has 5 rings (SSSR count). The van der Waals surface area contributed by atoms with E-state index in [0.29, 0.717) is 5.82 Å². The number of piperidine rings is 1. The first-order valence-electron chi connectivity index (χ1n) is 10.5. The van der Waals surface area contributed by atoms with Crippen LogP contribution in [0.15, 0.2) is 30.7 Å². The molecule has 0 spiro atoms. The molecule has 2 bridgehead atoms. The van der Waals surface area contributed by atoms with Crippen LogP contribution < -0.4 is 25.3 Å². The Kier molecular flexibility index (Phi) is 5.07. The molecule has 2 aromatic rings. The third-order valence-corrected chi connectivity index (χ3v) is 6.00. The highest BCUT2D eigenvalue weighted by molar-refractivity contribution is 5.74. The van der Waals surface area contributed by atoms with Crippen molar-refractivity contribution >= 4 is 23.1 Å². The zero-order chi connectivity index (χ0) is 19.6. The van der Waals surface area contributed by atoms with E-state index < -0.39 is 6.35 Å². The number of fused-ring (bicyclic) bond motifs is 4. The van der Waals surface area contributed by atoms with E-state index in [4.69, 9.17) is 4.98 Å². The third-order valence-electron chi connectivity index (χ3n) is 6.00. The van der Waals surface area contributed by atoms with Crippen molar-refractivity contribution in [2.45, 2.75) is 31.7 Å². The average molecular weight is 396 g/mol. The van der Waals surface area contributed by atoms with E-state index in [1.54, 1.807) is 12.3 Å². The Morgan fingerprint density at radius 2 is 2.03 bits per heavy atom. The van der Waals surface area contributed by atoms with Crippen LogP contribution in [-0.2, 0) is 0 Å². The Labute approximate surface area is 170 Å². The monoisotopic (exact) mass is 396 g/mol. The van der Waals surface area contributed by atoms with E-state index in [-0.39, 0.29) is 6.04 Å². The molecule has 1 unspecified atom stereocenters. The summed E-state index contributed by atoms with van der Waals surface area (Å²) in [5.74, 6) is 2.43. The molecule has 3 aliphatic rings. The number of anilines is 4. The summed E-state index contributed by atoms with van der Waals surface area (Å²) < 4.78 is 0. The minimum atomic E-state index is -0.901. The van der Waals surface area contributed by atoms with Crippen LogP contribution in [-0.4, -0.2) is 71.7 Å². The smallest absolute Gasteiger partial charge is 0.208 e. The quantitative estimate of drug-likeness (QED) is 0.650. The van der Waals surface area contributed by atoms with Crippen molar-refractivity contribution in [1.82, 2.24) is 20.3 Å². The van der Waals surface area contributed by atoms with Crippen LogP contribution in [0.4, 0.5) is 23.1 Å². The number of hydrogen-bond acceptors (Lipinski definition) is 9. The van der Waals surface area contributed by atoms with Crippen molar-refractivity contribution in [2.24, 2.45) is 0 Å². The van der Waals surface area contributed by atoms with Gasteiger partial charge in [-0.1, -0.05) is 0 Å². The fourth-order valence-electron chi connectivity index (χ4n) is 4.59. The summed E-state index contributed by atoms with van der Waals surface area (Å²) in [7, 11) is 0. The predicted molar refractivity (Wildman–Crippen MR) is 113 cm³/mol. The van der Waals surface area contributed by atoms with Gasteiger partial charge in [0.15, 0.2) is 5.82 Å². The van der Waals surface area contributed by atoms with Crippen molar-refractivity contribution in [3.8, 4) is 0 Å². The summed E-state index contributed by atoms with van der Waals surface area (Å²) in [6.07, 6.45) is 5.50. The summed E-state index contributed by atoms with van der Waals surface area (Å²) in [5.41, 5.74) is 1.10. The lowest BCUT2D eigenvalue weighted by Gasteiger charge is -2.48. The average Bonchev–Trinajstić information content (AvgIpc) is 3.04. The van der Waals surface area contributed by atoms with Crippen LogP contribution in [0.25, 0.3) is 0 Å². The van der Waals surface area contributed by atoms with E-state index in [0.717, 1.165) is 75.9 Å². The first kappa shape index (κ1) is 18.4. The van der Waals surface area contributed by atoms with Crippen LogP contribution in [0.5, 0.6) is 0 Å². The second kappa shape index (κ2) is 8.00. The number of aromatic nitrogens is 3. The molecule has 9 heteroatoms. The maximum absolute atomic E-state index is 11.1. The van der Waals surface area contributed by atoms with Gasteiger partial charge in [-0.15, -0.1) is 0 Å². The summed E-state index contributed by atoms with van der Waals surface area (Å²) in [4.78, 5) is 20.0. The second-order valence-electron chi connectivity index (χ2n) is 7.86. The predicted octanol–water partition coefficient (Wildman–Crippen LogP) is 0.848. The molecule has 3 N–H and O–H groups in total. The maximum Gasteiger partial charge on any atom is 0.208 e. The normalized spacial score (nSPS) is 22.7. The molecular weight excluding hydrogens is 368 g/mol. The topological polar surface area (TPSA) is 92.7 Å². The zero-order valence-corrected chi connectivity index (χ0v) is 16.5. The maximum atomic E-state index is 11.1. The van der Waals surface area contributed by atoms with Gasteiger partial charge in [0, 0.05) is 38.9 Å². The Hall–Kier alpha value is -2.65. The number of hydrogen-bond donors (Lipinski definition) is 3. The van der Waals surface area contributed by atoms with Gasteiger partial charge in [0.25, 0.3) is 0 Å². The Morgan fingerprint density at radius 3 is 2.93 bits per heavy atom. The van der Waals surface area contributed by atoms with Crippen molar-refractivity contribution in [1.29, 1.82) is 0 Å². The van der Waals surface area contributed by atoms with E-state index >= 15 is 0 Å². The highest BCUT2D eigenvalue weighted by Crippen LogP contribution is 2.40. The second-order valence-corrected chi connectivity index (χ2v) is 7.86. The zero-order valence-electron chi connectivity index (χ0n) is 16.5. The number of rotatable bonds is 4. The van der Waals surface area contributed by atoms with Crippen LogP contribution >= 0.6 is 0 Å². The molecule has 0 aromatic carbocycles. The largest absolute Gasteiger partial charge is 0.366 e. The molecule has 2 aromatic heterocycles. The van der Waals surface area contributed by atoms with Gasteiger partial charge in [-0.3, -0.25) is 0 Å². The van der Waals surface area contributed by atoms with Crippen LogP contribution in [0.3, 0.4) is 0 Å².